The molecule has 4 aromatic rings. The van der Waals surface area contributed by atoms with Crippen LogP contribution in [0.4, 0.5) is 5.69 Å². The molecule has 4 aromatic carbocycles. The average molecular weight is 543 g/mol. The fourth-order valence-electron chi connectivity index (χ4n) is 4.68. The van der Waals surface area contributed by atoms with E-state index in [1.807, 2.05) is 97.9 Å². The Hall–Kier alpha value is -3.87. The normalized spacial score (nSPS) is 15.1. The highest BCUT2D eigenvalue weighted by Gasteiger charge is 2.41. The molecule has 0 fully saturated rings. The molecule has 0 radical (unpaired) electrons. The molecule has 0 saturated heterocycles. The molecule has 1 amide bonds. The molecule has 0 saturated carbocycles. The predicted octanol–water partition coefficient (Wildman–Crippen LogP) is 6.37. The Morgan fingerprint density at radius 1 is 0.868 bits per heavy atom. The van der Waals surface area contributed by atoms with Crippen LogP contribution in [0.15, 0.2) is 114 Å². The summed E-state index contributed by atoms with van der Waals surface area (Å²) in [6.45, 7) is 2.36. The third-order valence-corrected chi connectivity index (χ3v) is 8.69. The highest BCUT2D eigenvalue weighted by atomic mass is 35.5. The topological polar surface area (TPSA) is 66.5 Å². The van der Waals surface area contributed by atoms with Crippen LogP contribution >= 0.6 is 11.6 Å². The van der Waals surface area contributed by atoms with Crippen LogP contribution in [0.3, 0.4) is 0 Å². The fourth-order valence-corrected chi connectivity index (χ4v) is 6.61. The molecule has 1 aliphatic heterocycles. The van der Waals surface area contributed by atoms with E-state index in [1.54, 1.807) is 18.2 Å². The van der Waals surface area contributed by atoms with Crippen molar-refractivity contribution in [2.24, 2.45) is 0 Å². The molecule has 0 aromatic heterocycles. The van der Waals surface area contributed by atoms with Crippen molar-refractivity contribution >= 4 is 38.8 Å². The summed E-state index contributed by atoms with van der Waals surface area (Å²) in [4.78, 5) is 13.5. The number of fused-ring (bicyclic) bond motifs is 1. The number of carbonyl (C=O) groups is 1. The van der Waals surface area contributed by atoms with Crippen molar-refractivity contribution in [2.75, 3.05) is 10.8 Å². The number of benzene rings is 4. The molecule has 0 unspecified atom stereocenters. The highest BCUT2D eigenvalue weighted by Crippen LogP contribution is 2.44. The maximum Gasteiger partial charge on any atom is 0.270 e. The van der Waals surface area contributed by atoms with Gasteiger partial charge in [-0.05, 0) is 40.8 Å². The van der Waals surface area contributed by atoms with E-state index in [2.05, 4.69) is 5.32 Å². The summed E-state index contributed by atoms with van der Waals surface area (Å²) in [5, 5.41) is 3.35. The summed E-state index contributed by atoms with van der Waals surface area (Å²) in [6, 6.07) is 33.3. The number of hydrogen-bond donors (Lipinski definition) is 1. The smallest absolute Gasteiger partial charge is 0.270 e. The number of carbonyl (C=O) groups excluding carboxylic acids is 1. The Kier molecular flexibility index (Phi) is 7.36. The van der Waals surface area contributed by atoms with E-state index in [0.717, 1.165) is 11.1 Å². The second kappa shape index (κ2) is 10.9. The Morgan fingerprint density at radius 2 is 1.47 bits per heavy atom. The van der Waals surface area contributed by atoms with Gasteiger partial charge in [0.15, 0.2) is 4.91 Å². The SMILES string of the molecule is C[C@@H](CNC(=O)C1=C(c2ccccc2)c2cc(Cl)ccc2N(Cc2ccccc2)S1(=O)=O)c1ccccc1. The van der Waals surface area contributed by atoms with Crippen molar-refractivity contribution in [3.63, 3.8) is 0 Å². The van der Waals surface area contributed by atoms with E-state index in [-0.39, 0.29) is 23.9 Å². The first-order valence-electron chi connectivity index (χ1n) is 12.4. The summed E-state index contributed by atoms with van der Waals surface area (Å²) in [5.74, 6) is -0.648. The van der Waals surface area contributed by atoms with Crippen LogP contribution in [0.1, 0.15) is 35.1 Å². The molecule has 0 bridgehead atoms. The van der Waals surface area contributed by atoms with Gasteiger partial charge in [-0.15, -0.1) is 0 Å². The zero-order valence-corrected chi connectivity index (χ0v) is 22.4. The molecular formula is C31H27ClN2O3S. The lowest BCUT2D eigenvalue weighted by atomic mass is 9.95. The second-order valence-corrected chi connectivity index (χ2v) is 11.5. The number of anilines is 1. The van der Waals surface area contributed by atoms with Crippen LogP contribution in [0.25, 0.3) is 5.57 Å². The van der Waals surface area contributed by atoms with Crippen LogP contribution in [-0.2, 0) is 21.4 Å². The molecule has 0 spiro atoms. The third-order valence-electron chi connectivity index (χ3n) is 6.65. The number of hydrogen-bond acceptors (Lipinski definition) is 3. The van der Waals surface area contributed by atoms with E-state index >= 15 is 0 Å². The number of nitrogens with one attached hydrogen (secondary N) is 1. The quantitative estimate of drug-likeness (QED) is 0.295. The van der Waals surface area contributed by atoms with Crippen LogP contribution < -0.4 is 9.62 Å². The Bertz CT molecular complexity index is 1590. The van der Waals surface area contributed by atoms with Crippen LogP contribution in [0, 0.1) is 0 Å². The summed E-state index contributed by atoms with van der Waals surface area (Å²) in [7, 11) is -4.24. The molecule has 192 valence electrons. The first kappa shape index (κ1) is 25.8. The maximum atomic E-state index is 14.3. The van der Waals surface area contributed by atoms with Crippen molar-refractivity contribution in [3.05, 3.63) is 141 Å². The van der Waals surface area contributed by atoms with Gasteiger partial charge in [-0.3, -0.25) is 9.10 Å². The fraction of sp³-hybridized carbons (Fsp3) is 0.129. The molecule has 1 aliphatic rings. The van der Waals surface area contributed by atoms with Crippen molar-refractivity contribution in [2.45, 2.75) is 19.4 Å². The van der Waals surface area contributed by atoms with E-state index in [4.69, 9.17) is 11.6 Å². The van der Waals surface area contributed by atoms with Gasteiger partial charge in [0.2, 0.25) is 0 Å². The lowest BCUT2D eigenvalue weighted by Gasteiger charge is -2.34. The molecule has 7 heteroatoms. The summed E-state index contributed by atoms with van der Waals surface area (Å²) < 4.78 is 29.9. The largest absolute Gasteiger partial charge is 0.351 e. The van der Waals surface area contributed by atoms with Gasteiger partial charge < -0.3 is 5.32 Å². The Labute approximate surface area is 228 Å². The van der Waals surface area contributed by atoms with E-state index in [9.17, 15) is 13.2 Å². The molecule has 38 heavy (non-hydrogen) atoms. The van der Waals surface area contributed by atoms with Gasteiger partial charge in [-0.25, -0.2) is 8.42 Å². The lowest BCUT2D eigenvalue weighted by molar-refractivity contribution is -0.116. The number of sulfonamides is 1. The molecule has 1 N–H and O–H groups in total. The molecule has 1 atom stereocenters. The number of nitrogens with zero attached hydrogens (tertiary/aromatic N) is 1. The minimum absolute atomic E-state index is 0.00521. The van der Waals surface area contributed by atoms with Crippen molar-refractivity contribution < 1.29 is 13.2 Å². The summed E-state index contributed by atoms with van der Waals surface area (Å²) >= 11 is 6.42. The van der Waals surface area contributed by atoms with E-state index in [0.29, 0.717) is 27.4 Å². The lowest BCUT2D eigenvalue weighted by Crippen LogP contribution is -2.41. The molecule has 5 rings (SSSR count). The predicted molar refractivity (Wildman–Crippen MR) is 153 cm³/mol. The zero-order chi connectivity index (χ0) is 26.7. The Morgan fingerprint density at radius 3 is 2.13 bits per heavy atom. The zero-order valence-electron chi connectivity index (χ0n) is 20.8. The number of halogens is 1. The average Bonchev–Trinajstić information content (AvgIpc) is 2.94. The Balaban J connectivity index is 1.64. The van der Waals surface area contributed by atoms with Gasteiger partial charge in [-0.1, -0.05) is 110 Å². The summed E-state index contributed by atoms with van der Waals surface area (Å²) in [5.41, 5.74) is 3.90. The highest BCUT2D eigenvalue weighted by molar-refractivity contribution is 7.97. The molecule has 5 nitrogen and oxygen atoms in total. The van der Waals surface area contributed by atoms with Gasteiger partial charge in [0.05, 0.1) is 12.2 Å². The minimum atomic E-state index is -4.24. The van der Waals surface area contributed by atoms with E-state index in [1.165, 1.54) is 4.31 Å². The van der Waals surface area contributed by atoms with Gasteiger partial charge >= 0.3 is 0 Å². The van der Waals surface area contributed by atoms with Crippen molar-refractivity contribution in [1.29, 1.82) is 0 Å². The molecule has 0 aliphatic carbocycles. The van der Waals surface area contributed by atoms with E-state index < -0.39 is 15.9 Å². The van der Waals surface area contributed by atoms with Crippen LogP contribution in [0.5, 0.6) is 0 Å². The van der Waals surface area contributed by atoms with Gasteiger partial charge in [0, 0.05) is 22.7 Å². The third kappa shape index (κ3) is 5.10. The van der Waals surface area contributed by atoms with Gasteiger partial charge in [0.1, 0.15) is 0 Å². The first-order valence-corrected chi connectivity index (χ1v) is 14.2. The standard InChI is InChI=1S/C31H27ClN2O3S/c1-22(24-13-7-3-8-14-24)20-33-31(35)30-29(25-15-9-4-10-16-25)27-19-26(32)17-18-28(27)34(38(30,36)37)21-23-11-5-2-6-12-23/h2-19,22H,20-21H2,1H3,(H,33,35)/t22-/m0/s1. The number of amides is 1. The summed E-state index contributed by atoms with van der Waals surface area (Å²) in [6.07, 6.45) is 0. The van der Waals surface area contributed by atoms with Gasteiger partial charge in [0.25, 0.3) is 15.9 Å². The van der Waals surface area contributed by atoms with Crippen LogP contribution in [0.2, 0.25) is 5.02 Å². The monoisotopic (exact) mass is 542 g/mol. The van der Waals surface area contributed by atoms with Crippen LogP contribution in [-0.4, -0.2) is 20.9 Å². The number of rotatable bonds is 7. The molecular weight excluding hydrogens is 516 g/mol. The first-order chi connectivity index (χ1) is 18.4. The van der Waals surface area contributed by atoms with Gasteiger partial charge in [-0.2, -0.15) is 0 Å². The van der Waals surface area contributed by atoms with Crippen molar-refractivity contribution in [1.82, 2.24) is 5.32 Å². The maximum absolute atomic E-state index is 14.3. The molecule has 1 heterocycles. The second-order valence-electron chi connectivity index (χ2n) is 9.25. The minimum Gasteiger partial charge on any atom is -0.351 e. The van der Waals surface area contributed by atoms with Crippen molar-refractivity contribution in [3.8, 4) is 0 Å².